The smallest absolute Gasteiger partial charge is 0.303 e. The summed E-state index contributed by atoms with van der Waals surface area (Å²) in [5.74, 6) is -0.898. The maximum atomic E-state index is 11.4. The number of hydrogen-bond donors (Lipinski definition) is 3. The Labute approximate surface area is 94.3 Å². The van der Waals surface area contributed by atoms with Crippen LogP contribution in [0.2, 0.25) is 0 Å². The molecular weight excluding hydrogens is 212 g/mol. The van der Waals surface area contributed by atoms with Gasteiger partial charge in [0.15, 0.2) is 0 Å². The average molecular weight is 230 g/mol. The number of morpholine rings is 1. The van der Waals surface area contributed by atoms with Gasteiger partial charge < -0.3 is 20.5 Å². The molecule has 1 rings (SSSR count). The van der Waals surface area contributed by atoms with Crippen molar-refractivity contribution in [2.75, 3.05) is 26.3 Å². The summed E-state index contributed by atoms with van der Waals surface area (Å²) in [7, 11) is 0. The molecule has 0 saturated carbocycles. The van der Waals surface area contributed by atoms with Crippen molar-refractivity contribution < 1.29 is 19.4 Å². The zero-order valence-corrected chi connectivity index (χ0v) is 9.20. The molecule has 0 bridgehead atoms. The van der Waals surface area contributed by atoms with Crippen molar-refractivity contribution in [1.29, 1.82) is 0 Å². The molecule has 6 nitrogen and oxygen atoms in total. The Hall–Kier alpha value is -1.14. The summed E-state index contributed by atoms with van der Waals surface area (Å²) in [5, 5.41) is 14.3. The van der Waals surface area contributed by atoms with Crippen LogP contribution in [0.4, 0.5) is 0 Å². The minimum Gasteiger partial charge on any atom is -0.481 e. The van der Waals surface area contributed by atoms with Gasteiger partial charge in [0, 0.05) is 32.0 Å². The van der Waals surface area contributed by atoms with Crippen LogP contribution in [-0.4, -0.2) is 49.3 Å². The van der Waals surface area contributed by atoms with Crippen molar-refractivity contribution in [2.24, 2.45) is 0 Å². The summed E-state index contributed by atoms with van der Waals surface area (Å²) in [6.07, 6.45) is 0.938. The van der Waals surface area contributed by atoms with E-state index in [2.05, 4.69) is 10.6 Å². The second-order valence-electron chi connectivity index (χ2n) is 3.78. The van der Waals surface area contributed by atoms with Crippen LogP contribution in [0.25, 0.3) is 0 Å². The van der Waals surface area contributed by atoms with E-state index in [0.29, 0.717) is 32.6 Å². The second kappa shape index (κ2) is 7.19. The molecule has 1 amide bonds. The molecule has 1 aliphatic heterocycles. The molecule has 1 atom stereocenters. The number of amides is 1. The first-order valence-electron chi connectivity index (χ1n) is 5.48. The number of aliphatic carboxylic acids is 1. The first-order valence-corrected chi connectivity index (χ1v) is 5.48. The monoisotopic (exact) mass is 230 g/mol. The maximum Gasteiger partial charge on any atom is 0.303 e. The quantitative estimate of drug-likeness (QED) is 0.528. The lowest BCUT2D eigenvalue weighted by Crippen LogP contribution is -2.44. The van der Waals surface area contributed by atoms with Gasteiger partial charge in [-0.25, -0.2) is 0 Å². The van der Waals surface area contributed by atoms with Gasteiger partial charge >= 0.3 is 5.97 Å². The number of ether oxygens (including phenoxy) is 1. The molecule has 0 aromatic heterocycles. The SMILES string of the molecule is O=C(O)CCCNC(=O)CC1COCCN1. The Morgan fingerprint density at radius 2 is 2.31 bits per heavy atom. The Kier molecular flexibility index (Phi) is 5.81. The summed E-state index contributed by atoms with van der Waals surface area (Å²) in [6, 6.07) is 0.0771. The summed E-state index contributed by atoms with van der Waals surface area (Å²) < 4.78 is 5.22. The molecule has 1 saturated heterocycles. The molecule has 0 aliphatic carbocycles. The second-order valence-corrected chi connectivity index (χ2v) is 3.78. The summed E-state index contributed by atoms with van der Waals surface area (Å²) in [6.45, 7) is 2.44. The Bertz CT molecular complexity index is 239. The highest BCUT2D eigenvalue weighted by Crippen LogP contribution is 1.98. The van der Waals surface area contributed by atoms with Crippen molar-refractivity contribution in [1.82, 2.24) is 10.6 Å². The van der Waals surface area contributed by atoms with Gasteiger partial charge in [-0.2, -0.15) is 0 Å². The number of rotatable bonds is 6. The van der Waals surface area contributed by atoms with Gasteiger partial charge in [-0.05, 0) is 6.42 Å². The van der Waals surface area contributed by atoms with E-state index in [1.165, 1.54) is 0 Å². The fourth-order valence-corrected chi connectivity index (χ4v) is 1.51. The molecule has 16 heavy (non-hydrogen) atoms. The molecule has 0 aromatic rings. The summed E-state index contributed by atoms with van der Waals surface area (Å²) in [4.78, 5) is 21.6. The third kappa shape index (κ3) is 5.67. The lowest BCUT2D eigenvalue weighted by molar-refractivity contribution is -0.137. The highest BCUT2D eigenvalue weighted by Gasteiger charge is 2.16. The number of carboxylic acids is 1. The van der Waals surface area contributed by atoms with Gasteiger partial charge in [-0.15, -0.1) is 0 Å². The van der Waals surface area contributed by atoms with E-state index in [1.807, 2.05) is 0 Å². The van der Waals surface area contributed by atoms with Crippen LogP contribution >= 0.6 is 0 Å². The largest absolute Gasteiger partial charge is 0.481 e. The Balaban J connectivity index is 2.03. The van der Waals surface area contributed by atoms with Gasteiger partial charge in [0.05, 0.1) is 13.2 Å². The zero-order chi connectivity index (χ0) is 11.8. The minimum absolute atomic E-state index is 0.0617. The third-order valence-corrected chi connectivity index (χ3v) is 2.32. The van der Waals surface area contributed by atoms with Crippen LogP contribution in [0, 0.1) is 0 Å². The molecular formula is C10H18N2O4. The van der Waals surface area contributed by atoms with E-state index in [-0.39, 0.29) is 18.4 Å². The minimum atomic E-state index is -0.836. The number of nitrogens with one attached hydrogen (secondary N) is 2. The molecule has 1 aliphatic rings. The average Bonchev–Trinajstić information content (AvgIpc) is 2.25. The molecule has 0 radical (unpaired) electrons. The number of carboxylic acid groups (broad SMARTS) is 1. The predicted molar refractivity (Wildman–Crippen MR) is 57.1 cm³/mol. The van der Waals surface area contributed by atoms with E-state index < -0.39 is 5.97 Å². The number of carbonyl (C=O) groups excluding carboxylic acids is 1. The first kappa shape index (κ1) is 12.9. The van der Waals surface area contributed by atoms with Gasteiger partial charge in [-0.1, -0.05) is 0 Å². The van der Waals surface area contributed by atoms with Crippen molar-refractivity contribution in [3.8, 4) is 0 Å². The molecule has 3 N–H and O–H groups in total. The lowest BCUT2D eigenvalue weighted by Gasteiger charge is -2.23. The third-order valence-electron chi connectivity index (χ3n) is 2.32. The number of hydrogen-bond acceptors (Lipinski definition) is 4. The Morgan fingerprint density at radius 1 is 1.50 bits per heavy atom. The standard InChI is InChI=1S/C10H18N2O4/c13-9(12-3-1-2-10(14)15)6-8-7-16-5-4-11-8/h8,11H,1-7H2,(H,12,13)(H,14,15). The van der Waals surface area contributed by atoms with Crippen molar-refractivity contribution in [2.45, 2.75) is 25.3 Å². The highest BCUT2D eigenvalue weighted by molar-refractivity contribution is 5.76. The van der Waals surface area contributed by atoms with Crippen molar-refractivity contribution >= 4 is 11.9 Å². The number of carbonyl (C=O) groups is 2. The van der Waals surface area contributed by atoms with Crippen molar-refractivity contribution in [3.05, 3.63) is 0 Å². The van der Waals surface area contributed by atoms with E-state index in [4.69, 9.17) is 9.84 Å². The van der Waals surface area contributed by atoms with Crippen LogP contribution in [-0.2, 0) is 14.3 Å². The van der Waals surface area contributed by atoms with Crippen LogP contribution in [0.15, 0.2) is 0 Å². The molecule has 0 aromatic carbocycles. The van der Waals surface area contributed by atoms with Crippen molar-refractivity contribution in [3.63, 3.8) is 0 Å². The van der Waals surface area contributed by atoms with E-state index >= 15 is 0 Å². The van der Waals surface area contributed by atoms with Gasteiger partial charge in [0.2, 0.25) is 5.91 Å². The molecule has 0 spiro atoms. The topological polar surface area (TPSA) is 87.7 Å². The van der Waals surface area contributed by atoms with E-state index in [0.717, 1.165) is 6.54 Å². The fraction of sp³-hybridized carbons (Fsp3) is 0.800. The molecule has 1 fully saturated rings. The van der Waals surface area contributed by atoms with Crippen LogP contribution in [0.1, 0.15) is 19.3 Å². The van der Waals surface area contributed by atoms with Gasteiger partial charge in [-0.3, -0.25) is 9.59 Å². The normalized spacial score (nSPS) is 20.4. The highest BCUT2D eigenvalue weighted by atomic mass is 16.5. The zero-order valence-electron chi connectivity index (χ0n) is 9.20. The van der Waals surface area contributed by atoms with Gasteiger partial charge in [0.25, 0.3) is 0 Å². The van der Waals surface area contributed by atoms with Crippen LogP contribution in [0.3, 0.4) is 0 Å². The molecule has 6 heteroatoms. The lowest BCUT2D eigenvalue weighted by atomic mass is 10.2. The Morgan fingerprint density at radius 3 is 2.94 bits per heavy atom. The van der Waals surface area contributed by atoms with Crippen LogP contribution < -0.4 is 10.6 Å². The maximum absolute atomic E-state index is 11.4. The predicted octanol–water partition coefficient (Wildman–Crippen LogP) is -0.654. The summed E-state index contributed by atoms with van der Waals surface area (Å²) in [5.41, 5.74) is 0. The first-order chi connectivity index (χ1) is 7.68. The van der Waals surface area contributed by atoms with Crippen LogP contribution in [0.5, 0.6) is 0 Å². The van der Waals surface area contributed by atoms with Gasteiger partial charge in [0.1, 0.15) is 0 Å². The fourth-order valence-electron chi connectivity index (χ4n) is 1.51. The molecule has 1 heterocycles. The molecule has 92 valence electrons. The molecule has 1 unspecified atom stereocenters. The van der Waals surface area contributed by atoms with E-state index in [9.17, 15) is 9.59 Å². The summed E-state index contributed by atoms with van der Waals surface area (Å²) >= 11 is 0. The van der Waals surface area contributed by atoms with E-state index in [1.54, 1.807) is 0 Å².